The van der Waals surface area contributed by atoms with Crippen LogP contribution in [0.4, 0.5) is 8.78 Å². The molecule has 1 N–H and O–H groups in total. The minimum atomic E-state index is -2.96. The Morgan fingerprint density at radius 3 is 2.42 bits per heavy atom. The zero-order chi connectivity index (χ0) is 22.2. The lowest BCUT2D eigenvalue weighted by Crippen LogP contribution is -2.26. The normalized spacial score (nSPS) is 10.6. The second kappa shape index (κ2) is 10.3. The number of nitrogens with one attached hydrogen (secondary N) is 1. The van der Waals surface area contributed by atoms with Gasteiger partial charge in [0.15, 0.2) is 0 Å². The van der Waals surface area contributed by atoms with Crippen LogP contribution in [0, 0.1) is 0 Å². The average molecular weight is 430 g/mol. The van der Waals surface area contributed by atoms with Crippen LogP contribution < -0.4 is 19.5 Å². The first kappa shape index (κ1) is 21.9. The Morgan fingerprint density at radius 1 is 1.06 bits per heavy atom. The summed E-state index contributed by atoms with van der Waals surface area (Å²) in [5, 5.41) is 2.79. The average Bonchev–Trinajstić information content (AvgIpc) is 2.79. The van der Waals surface area contributed by atoms with Gasteiger partial charge in [-0.15, -0.1) is 0 Å². The summed E-state index contributed by atoms with van der Waals surface area (Å²) in [6, 6.07) is 8.29. The number of halogens is 2. The first-order chi connectivity index (χ1) is 15.0. The minimum Gasteiger partial charge on any atom is -0.497 e. The van der Waals surface area contributed by atoms with Gasteiger partial charge < -0.3 is 19.5 Å². The second-order valence-electron chi connectivity index (χ2n) is 6.28. The summed E-state index contributed by atoms with van der Waals surface area (Å²) in [6.45, 7) is -2.59. The first-order valence-corrected chi connectivity index (χ1v) is 9.22. The van der Waals surface area contributed by atoms with E-state index < -0.39 is 12.5 Å². The number of amides is 1. The Morgan fingerprint density at radius 2 is 1.81 bits per heavy atom. The van der Waals surface area contributed by atoms with Crippen LogP contribution in [0.3, 0.4) is 0 Å². The van der Waals surface area contributed by atoms with Crippen LogP contribution in [0.1, 0.15) is 16.1 Å². The predicted molar refractivity (Wildman–Crippen MR) is 107 cm³/mol. The van der Waals surface area contributed by atoms with Crippen molar-refractivity contribution in [1.29, 1.82) is 0 Å². The quantitative estimate of drug-likeness (QED) is 0.557. The van der Waals surface area contributed by atoms with Gasteiger partial charge in [0.2, 0.25) is 5.88 Å². The Balaban J connectivity index is 1.63. The number of hydrogen-bond donors (Lipinski definition) is 1. The summed E-state index contributed by atoms with van der Waals surface area (Å²) in [4.78, 5) is 24.5. The minimum absolute atomic E-state index is 0.119. The van der Waals surface area contributed by atoms with E-state index in [4.69, 9.17) is 9.47 Å². The molecule has 0 fully saturated rings. The molecule has 10 heteroatoms. The zero-order valence-corrected chi connectivity index (χ0v) is 16.8. The number of hydrogen-bond acceptors (Lipinski definition) is 7. The van der Waals surface area contributed by atoms with Crippen LogP contribution in [-0.4, -0.2) is 48.2 Å². The third kappa shape index (κ3) is 6.08. The van der Waals surface area contributed by atoms with E-state index in [0.29, 0.717) is 35.7 Å². The number of nitrogens with zero attached hydrogens (tertiary/aromatic N) is 3. The molecule has 1 aromatic carbocycles. The van der Waals surface area contributed by atoms with Crippen molar-refractivity contribution < 1.29 is 27.8 Å². The van der Waals surface area contributed by atoms with E-state index in [1.165, 1.54) is 30.7 Å². The van der Waals surface area contributed by atoms with Crippen molar-refractivity contribution in [3.8, 4) is 28.6 Å². The smallest absolute Gasteiger partial charge is 0.388 e. The number of aromatic nitrogens is 3. The Hall–Kier alpha value is -3.82. The summed E-state index contributed by atoms with van der Waals surface area (Å²) in [5.41, 5.74) is 1.94. The van der Waals surface area contributed by atoms with Gasteiger partial charge in [0, 0.05) is 30.4 Å². The molecule has 3 aromatic rings. The van der Waals surface area contributed by atoms with E-state index in [2.05, 4.69) is 25.0 Å². The maximum atomic E-state index is 12.5. The van der Waals surface area contributed by atoms with Crippen molar-refractivity contribution in [2.24, 2.45) is 0 Å². The standard InChI is InChI=1S/C21H20F2N4O4/c1-29-15-7-13(8-16(9-15)30-2)5-6-25-20(28)18-12-24-11-17(27-18)14-3-4-19(26-10-14)31-21(22)23/h3-4,7-12,21H,5-6H2,1-2H3,(H,25,28). The van der Waals surface area contributed by atoms with Crippen LogP contribution in [0.25, 0.3) is 11.3 Å². The van der Waals surface area contributed by atoms with Crippen molar-refractivity contribution in [3.05, 3.63) is 60.2 Å². The van der Waals surface area contributed by atoms with E-state index in [1.54, 1.807) is 20.3 Å². The fourth-order valence-corrected chi connectivity index (χ4v) is 2.73. The van der Waals surface area contributed by atoms with Crippen LogP contribution in [-0.2, 0) is 6.42 Å². The van der Waals surface area contributed by atoms with Gasteiger partial charge in [0.25, 0.3) is 5.91 Å². The van der Waals surface area contributed by atoms with Gasteiger partial charge in [-0.25, -0.2) is 9.97 Å². The highest BCUT2D eigenvalue weighted by Crippen LogP contribution is 2.23. The van der Waals surface area contributed by atoms with Crippen molar-refractivity contribution in [2.45, 2.75) is 13.0 Å². The van der Waals surface area contributed by atoms with E-state index in [-0.39, 0.29) is 11.6 Å². The number of carbonyl (C=O) groups excluding carboxylic acids is 1. The Labute approximate surface area is 177 Å². The van der Waals surface area contributed by atoms with Crippen molar-refractivity contribution in [2.75, 3.05) is 20.8 Å². The first-order valence-electron chi connectivity index (χ1n) is 9.22. The molecule has 2 aromatic heterocycles. The molecule has 0 unspecified atom stereocenters. The maximum absolute atomic E-state index is 12.5. The van der Waals surface area contributed by atoms with E-state index >= 15 is 0 Å². The third-order valence-corrected chi connectivity index (χ3v) is 4.22. The molecule has 2 heterocycles. The number of pyridine rings is 1. The van der Waals surface area contributed by atoms with E-state index in [9.17, 15) is 13.6 Å². The lowest BCUT2D eigenvalue weighted by Gasteiger charge is -2.09. The molecule has 0 aliphatic heterocycles. The molecule has 31 heavy (non-hydrogen) atoms. The number of rotatable bonds is 9. The molecular weight excluding hydrogens is 410 g/mol. The molecule has 8 nitrogen and oxygen atoms in total. The summed E-state index contributed by atoms with van der Waals surface area (Å²) < 4.78 is 39.2. The lowest BCUT2D eigenvalue weighted by atomic mass is 10.1. The van der Waals surface area contributed by atoms with Gasteiger partial charge in [0.1, 0.15) is 17.2 Å². The van der Waals surface area contributed by atoms with Crippen LogP contribution in [0.5, 0.6) is 17.4 Å². The summed E-state index contributed by atoms with van der Waals surface area (Å²) >= 11 is 0. The third-order valence-electron chi connectivity index (χ3n) is 4.22. The van der Waals surface area contributed by atoms with Crippen molar-refractivity contribution >= 4 is 5.91 Å². The van der Waals surface area contributed by atoms with Gasteiger partial charge in [0.05, 0.1) is 32.3 Å². The number of methoxy groups -OCH3 is 2. The number of alkyl halides is 2. The Kier molecular flexibility index (Phi) is 7.26. The number of carbonyl (C=O) groups is 1. The molecule has 1 amide bonds. The number of ether oxygens (including phenoxy) is 3. The summed E-state index contributed by atoms with van der Waals surface area (Å²) in [7, 11) is 3.14. The van der Waals surface area contributed by atoms with Gasteiger partial charge >= 0.3 is 6.61 Å². The van der Waals surface area contributed by atoms with Crippen LogP contribution >= 0.6 is 0 Å². The highest BCUT2D eigenvalue weighted by atomic mass is 19.3. The molecule has 0 aliphatic rings. The van der Waals surface area contributed by atoms with Gasteiger partial charge in [-0.2, -0.15) is 8.78 Å². The molecule has 162 valence electrons. The highest BCUT2D eigenvalue weighted by Gasteiger charge is 2.11. The number of benzene rings is 1. The maximum Gasteiger partial charge on any atom is 0.388 e. The lowest BCUT2D eigenvalue weighted by molar-refractivity contribution is -0.0528. The SMILES string of the molecule is COc1cc(CCNC(=O)c2cncc(-c3ccc(OC(F)F)nc3)n2)cc(OC)c1. The van der Waals surface area contributed by atoms with Gasteiger partial charge in [-0.05, 0) is 30.2 Å². The van der Waals surface area contributed by atoms with Crippen LogP contribution in [0.15, 0.2) is 48.9 Å². The Bertz CT molecular complexity index is 1010. The fourth-order valence-electron chi connectivity index (χ4n) is 2.73. The largest absolute Gasteiger partial charge is 0.497 e. The topological polar surface area (TPSA) is 95.5 Å². The van der Waals surface area contributed by atoms with Crippen LogP contribution in [0.2, 0.25) is 0 Å². The molecular formula is C21H20F2N4O4. The molecule has 0 atom stereocenters. The zero-order valence-electron chi connectivity index (χ0n) is 16.8. The molecule has 0 saturated carbocycles. The van der Waals surface area contributed by atoms with E-state index in [1.807, 2.05) is 12.1 Å². The summed E-state index contributed by atoms with van der Waals surface area (Å²) in [5.74, 6) is 0.722. The van der Waals surface area contributed by atoms with E-state index in [0.717, 1.165) is 5.56 Å². The van der Waals surface area contributed by atoms with Gasteiger partial charge in [-0.3, -0.25) is 9.78 Å². The van der Waals surface area contributed by atoms with Crippen molar-refractivity contribution in [3.63, 3.8) is 0 Å². The highest BCUT2D eigenvalue weighted by molar-refractivity contribution is 5.92. The monoisotopic (exact) mass is 430 g/mol. The molecule has 0 bridgehead atoms. The predicted octanol–water partition coefficient (Wildman–Crippen LogP) is 3.13. The molecule has 0 saturated heterocycles. The molecule has 3 rings (SSSR count). The molecule has 0 aliphatic carbocycles. The molecule has 0 spiro atoms. The van der Waals surface area contributed by atoms with Crippen molar-refractivity contribution in [1.82, 2.24) is 20.3 Å². The fraction of sp³-hybridized carbons (Fsp3) is 0.238. The van der Waals surface area contributed by atoms with Gasteiger partial charge in [-0.1, -0.05) is 0 Å². The summed E-state index contributed by atoms with van der Waals surface area (Å²) in [6.07, 6.45) is 4.67. The molecule has 0 radical (unpaired) electrons. The second-order valence-corrected chi connectivity index (χ2v) is 6.28.